The van der Waals surface area contributed by atoms with E-state index in [9.17, 15) is 9.18 Å². The molecule has 0 spiro atoms. The third-order valence-electron chi connectivity index (χ3n) is 4.67. The van der Waals surface area contributed by atoms with Crippen LogP contribution in [0.15, 0.2) is 80.3 Å². The van der Waals surface area contributed by atoms with E-state index in [0.29, 0.717) is 21.0 Å². The molecular formula is C22H13FN2O2S3. The number of nitrogens with zero attached hydrogens (tertiary/aromatic N) is 2. The molecule has 2 heterocycles. The number of fused-ring (bicyclic) bond motifs is 3. The Kier molecular flexibility index (Phi) is 4.98. The van der Waals surface area contributed by atoms with Gasteiger partial charge in [-0.2, -0.15) is 0 Å². The van der Waals surface area contributed by atoms with E-state index < -0.39 is 0 Å². The van der Waals surface area contributed by atoms with E-state index in [2.05, 4.69) is 5.10 Å². The van der Waals surface area contributed by atoms with Crippen molar-refractivity contribution in [3.8, 4) is 5.69 Å². The number of aromatic nitrogens is 2. The highest BCUT2D eigenvalue weighted by molar-refractivity contribution is 8.00. The van der Waals surface area contributed by atoms with Crippen LogP contribution in [0.5, 0.6) is 0 Å². The first-order chi connectivity index (χ1) is 14.6. The first kappa shape index (κ1) is 19.2. The summed E-state index contributed by atoms with van der Waals surface area (Å²) in [5, 5.41) is 7.62. The summed E-state index contributed by atoms with van der Waals surface area (Å²) in [4.78, 5) is 12.1. The van der Waals surface area contributed by atoms with Gasteiger partial charge in [-0.05, 0) is 58.9 Å². The molecule has 8 heteroatoms. The Morgan fingerprint density at radius 1 is 1.10 bits per heavy atom. The summed E-state index contributed by atoms with van der Waals surface area (Å²) < 4.78 is 21.6. The molecular weight excluding hydrogens is 439 g/mol. The first-order valence-corrected chi connectivity index (χ1v) is 11.2. The maximum Gasteiger partial charge on any atom is 0.336 e. The number of hydrogen-bond donors (Lipinski definition) is 0. The molecule has 2 aromatic heterocycles. The van der Waals surface area contributed by atoms with Gasteiger partial charge in [0, 0.05) is 17.2 Å². The van der Waals surface area contributed by atoms with E-state index in [1.54, 1.807) is 16.8 Å². The summed E-state index contributed by atoms with van der Waals surface area (Å²) in [7, 11) is 0. The third-order valence-corrected chi connectivity index (χ3v) is 7.08. The zero-order valence-corrected chi connectivity index (χ0v) is 17.8. The van der Waals surface area contributed by atoms with E-state index in [1.807, 2.05) is 36.4 Å². The van der Waals surface area contributed by atoms with Gasteiger partial charge in [0.1, 0.15) is 11.4 Å². The fraction of sp³-hybridized carbons (Fsp3) is 0.0455. The molecule has 148 valence electrons. The summed E-state index contributed by atoms with van der Waals surface area (Å²) in [5.41, 5.74) is 1.79. The molecule has 0 aliphatic heterocycles. The Morgan fingerprint density at radius 3 is 2.73 bits per heavy atom. The highest BCUT2D eigenvalue weighted by Gasteiger charge is 2.12. The lowest BCUT2D eigenvalue weighted by molar-refractivity contribution is 0.560. The summed E-state index contributed by atoms with van der Waals surface area (Å²) >= 11 is 8.31. The van der Waals surface area contributed by atoms with Crippen LogP contribution in [0.3, 0.4) is 0 Å². The van der Waals surface area contributed by atoms with Crippen molar-refractivity contribution in [1.29, 1.82) is 0 Å². The van der Waals surface area contributed by atoms with Crippen LogP contribution in [0.4, 0.5) is 4.39 Å². The minimum atomic E-state index is -0.377. The maximum atomic E-state index is 13.2. The molecule has 0 N–H and O–H groups in total. The van der Waals surface area contributed by atoms with Crippen LogP contribution < -0.4 is 5.63 Å². The number of thioether (sulfide) groups is 1. The fourth-order valence-corrected chi connectivity index (χ4v) is 5.68. The van der Waals surface area contributed by atoms with E-state index in [0.717, 1.165) is 26.1 Å². The summed E-state index contributed by atoms with van der Waals surface area (Å²) in [5.74, 6) is 0.235. The van der Waals surface area contributed by atoms with Crippen molar-refractivity contribution < 1.29 is 8.81 Å². The minimum absolute atomic E-state index is 0.308. The molecule has 0 saturated carbocycles. The number of halogens is 1. The molecule has 0 aliphatic rings. The number of hydrogen-bond acceptors (Lipinski definition) is 6. The molecule has 5 rings (SSSR count). The molecule has 4 nitrogen and oxygen atoms in total. The van der Waals surface area contributed by atoms with Gasteiger partial charge in [-0.1, -0.05) is 53.4 Å². The topological polar surface area (TPSA) is 48.0 Å². The second kappa shape index (κ2) is 7.79. The van der Waals surface area contributed by atoms with Gasteiger partial charge < -0.3 is 4.42 Å². The average molecular weight is 453 g/mol. The fourth-order valence-electron chi connectivity index (χ4n) is 3.34. The molecule has 0 aliphatic carbocycles. The monoisotopic (exact) mass is 452 g/mol. The lowest BCUT2D eigenvalue weighted by Crippen LogP contribution is -2.00. The zero-order valence-electron chi connectivity index (χ0n) is 15.4. The Bertz CT molecular complexity index is 1500. The Morgan fingerprint density at radius 2 is 1.90 bits per heavy atom. The SMILES string of the molecule is O=c1cc(CSc2nn(-c3ccc(F)cc3)c(=S)s2)c2c(ccc3ccccc32)o1. The van der Waals surface area contributed by atoms with Gasteiger partial charge in [0.15, 0.2) is 8.29 Å². The predicted octanol–water partition coefficient (Wildman–Crippen LogP) is 6.35. The van der Waals surface area contributed by atoms with Gasteiger partial charge in [-0.15, -0.1) is 5.10 Å². The third kappa shape index (κ3) is 3.58. The van der Waals surface area contributed by atoms with Crippen molar-refractivity contribution >= 4 is 57.1 Å². The van der Waals surface area contributed by atoms with Gasteiger partial charge in [-0.25, -0.2) is 13.9 Å². The quantitative estimate of drug-likeness (QED) is 0.138. The van der Waals surface area contributed by atoms with Crippen molar-refractivity contribution in [3.05, 3.63) is 92.5 Å². The largest absolute Gasteiger partial charge is 0.423 e. The highest BCUT2D eigenvalue weighted by Crippen LogP contribution is 2.32. The second-order valence-electron chi connectivity index (χ2n) is 6.56. The van der Waals surface area contributed by atoms with Crippen molar-refractivity contribution in [2.45, 2.75) is 10.1 Å². The molecule has 0 bridgehead atoms. The summed E-state index contributed by atoms with van der Waals surface area (Å²) in [6.07, 6.45) is 0. The normalized spacial score (nSPS) is 11.4. The molecule has 0 radical (unpaired) electrons. The lowest BCUT2D eigenvalue weighted by atomic mass is 10.0. The van der Waals surface area contributed by atoms with Crippen molar-refractivity contribution in [2.24, 2.45) is 0 Å². The van der Waals surface area contributed by atoms with Crippen LogP contribution in [0.2, 0.25) is 0 Å². The minimum Gasteiger partial charge on any atom is -0.423 e. The molecule has 0 atom stereocenters. The maximum absolute atomic E-state index is 13.2. The molecule has 5 aromatic rings. The predicted molar refractivity (Wildman–Crippen MR) is 122 cm³/mol. The molecule has 0 amide bonds. The smallest absolute Gasteiger partial charge is 0.336 e. The Balaban J connectivity index is 1.52. The Hall–Kier alpha value is -2.81. The molecule has 3 aromatic carbocycles. The zero-order chi connectivity index (χ0) is 20.7. The molecule has 30 heavy (non-hydrogen) atoms. The summed E-state index contributed by atoms with van der Waals surface area (Å²) in [6, 6.07) is 19.4. The van der Waals surface area contributed by atoms with E-state index in [4.69, 9.17) is 16.6 Å². The van der Waals surface area contributed by atoms with Gasteiger partial charge in [0.25, 0.3) is 0 Å². The number of rotatable bonds is 4. The van der Waals surface area contributed by atoms with Crippen LogP contribution in [0.1, 0.15) is 5.56 Å². The van der Waals surface area contributed by atoms with Crippen LogP contribution in [0.25, 0.3) is 27.4 Å². The van der Waals surface area contributed by atoms with Crippen molar-refractivity contribution in [2.75, 3.05) is 0 Å². The molecule has 0 saturated heterocycles. The number of benzene rings is 3. The van der Waals surface area contributed by atoms with E-state index >= 15 is 0 Å². The van der Waals surface area contributed by atoms with Crippen molar-refractivity contribution in [1.82, 2.24) is 9.78 Å². The van der Waals surface area contributed by atoms with E-state index in [-0.39, 0.29) is 11.4 Å². The standard InChI is InChI=1S/C22H13FN2O2S3/c23-15-6-8-16(9-7-15)25-22(28)30-21(24-25)29-12-14-11-19(26)27-18-10-5-13-3-1-2-4-17(13)20(14)18/h1-11H,12H2. The van der Waals surface area contributed by atoms with Gasteiger partial charge in [-0.3, -0.25) is 0 Å². The summed E-state index contributed by atoms with van der Waals surface area (Å²) in [6.45, 7) is 0. The van der Waals surface area contributed by atoms with Crippen LogP contribution >= 0.6 is 35.3 Å². The van der Waals surface area contributed by atoms with Crippen LogP contribution in [-0.2, 0) is 5.75 Å². The van der Waals surface area contributed by atoms with E-state index in [1.165, 1.54) is 41.3 Å². The van der Waals surface area contributed by atoms with Crippen LogP contribution in [-0.4, -0.2) is 9.78 Å². The van der Waals surface area contributed by atoms with Gasteiger partial charge in [0.2, 0.25) is 0 Å². The van der Waals surface area contributed by atoms with Crippen molar-refractivity contribution in [3.63, 3.8) is 0 Å². The average Bonchev–Trinajstić information content (AvgIpc) is 3.12. The Labute approximate surface area is 183 Å². The van der Waals surface area contributed by atoms with Crippen LogP contribution in [0, 0.1) is 9.77 Å². The highest BCUT2D eigenvalue weighted by atomic mass is 32.2. The lowest BCUT2D eigenvalue weighted by Gasteiger charge is -2.08. The molecule has 0 unspecified atom stereocenters. The molecule has 0 fully saturated rings. The first-order valence-electron chi connectivity index (χ1n) is 9.02. The second-order valence-corrected chi connectivity index (χ2v) is 9.41. The van der Waals surface area contributed by atoms with Gasteiger partial charge >= 0.3 is 5.63 Å². The van der Waals surface area contributed by atoms with Gasteiger partial charge in [0.05, 0.1) is 5.69 Å².